The van der Waals surface area contributed by atoms with Gasteiger partial charge in [-0.3, -0.25) is 9.48 Å². The molecule has 4 rings (SSSR count). The zero-order valence-corrected chi connectivity index (χ0v) is 19.6. The highest BCUT2D eigenvalue weighted by Gasteiger charge is 2.19. The van der Waals surface area contributed by atoms with Crippen LogP contribution in [0, 0.1) is 13.8 Å². The Morgan fingerprint density at radius 3 is 2.21 bits per heavy atom. The second-order valence-electron chi connectivity index (χ2n) is 8.19. The first-order valence-corrected chi connectivity index (χ1v) is 12.4. The van der Waals surface area contributed by atoms with Crippen LogP contribution in [0.15, 0.2) is 83.9 Å². The van der Waals surface area contributed by atoms with E-state index in [-0.39, 0.29) is 10.8 Å². The molecule has 0 atom stereocenters. The maximum Gasteiger partial charge on any atom is 0.259 e. The van der Waals surface area contributed by atoms with Crippen molar-refractivity contribution in [1.82, 2.24) is 9.78 Å². The molecule has 0 saturated heterocycles. The van der Waals surface area contributed by atoms with E-state index in [4.69, 9.17) is 5.10 Å². The standard InChI is InChI=1S/C26H25N3O3S/c1-18-7-11-20(12-8-18)16-29-17-24(25(28-29)21-13-9-19(2)10-14-21)26(30)27-22-5-4-6-23(15-22)33(3,31)32/h4-15,17H,16H2,1-3H3,(H,27,30). The van der Waals surface area contributed by atoms with E-state index in [1.54, 1.807) is 23.0 Å². The molecule has 1 aromatic heterocycles. The number of aryl methyl sites for hydroxylation is 2. The van der Waals surface area contributed by atoms with Crippen molar-refractivity contribution >= 4 is 21.4 Å². The lowest BCUT2D eigenvalue weighted by Gasteiger charge is -2.07. The molecule has 0 unspecified atom stereocenters. The number of benzene rings is 3. The first-order valence-electron chi connectivity index (χ1n) is 10.5. The zero-order valence-electron chi connectivity index (χ0n) is 18.7. The molecule has 0 aliphatic heterocycles. The maximum atomic E-state index is 13.2. The molecule has 1 amide bonds. The van der Waals surface area contributed by atoms with Crippen molar-refractivity contribution in [1.29, 1.82) is 0 Å². The van der Waals surface area contributed by atoms with Gasteiger partial charge in [0.1, 0.15) is 5.69 Å². The van der Waals surface area contributed by atoms with Crippen molar-refractivity contribution in [2.24, 2.45) is 0 Å². The highest BCUT2D eigenvalue weighted by molar-refractivity contribution is 7.90. The topological polar surface area (TPSA) is 81.1 Å². The third kappa shape index (κ3) is 5.38. The van der Waals surface area contributed by atoms with Gasteiger partial charge in [-0.15, -0.1) is 0 Å². The fraction of sp³-hybridized carbons (Fsp3) is 0.154. The quantitative estimate of drug-likeness (QED) is 0.446. The van der Waals surface area contributed by atoms with E-state index in [1.807, 2.05) is 62.4 Å². The van der Waals surface area contributed by atoms with Gasteiger partial charge >= 0.3 is 0 Å². The van der Waals surface area contributed by atoms with E-state index < -0.39 is 9.84 Å². The summed E-state index contributed by atoms with van der Waals surface area (Å²) in [5, 5.41) is 7.53. The van der Waals surface area contributed by atoms with Crippen LogP contribution in [0.5, 0.6) is 0 Å². The summed E-state index contributed by atoms with van der Waals surface area (Å²) in [6, 6.07) is 22.2. The average molecular weight is 460 g/mol. The van der Waals surface area contributed by atoms with Crippen molar-refractivity contribution < 1.29 is 13.2 Å². The molecule has 0 aliphatic rings. The number of carbonyl (C=O) groups is 1. The SMILES string of the molecule is Cc1ccc(Cn2cc(C(=O)Nc3cccc(S(C)(=O)=O)c3)c(-c3ccc(C)cc3)n2)cc1. The summed E-state index contributed by atoms with van der Waals surface area (Å²) in [5.74, 6) is -0.355. The number of hydrogen-bond acceptors (Lipinski definition) is 4. The van der Waals surface area contributed by atoms with Crippen molar-refractivity contribution in [3.63, 3.8) is 0 Å². The minimum Gasteiger partial charge on any atom is -0.322 e. The van der Waals surface area contributed by atoms with Gasteiger partial charge < -0.3 is 5.32 Å². The molecular formula is C26H25N3O3S. The molecule has 33 heavy (non-hydrogen) atoms. The lowest BCUT2D eigenvalue weighted by Crippen LogP contribution is -2.13. The number of sulfone groups is 1. The highest BCUT2D eigenvalue weighted by Crippen LogP contribution is 2.25. The first kappa shape index (κ1) is 22.5. The number of hydrogen-bond donors (Lipinski definition) is 1. The Hall–Kier alpha value is -3.71. The number of rotatable bonds is 6. The lowest BCUT2D eigenvalue weighted by atomic mass is 10.1. The van der Waals surface area contributed by atoms with E-state index >= 15 is 0 Å². The van der Waals surface area contributed by atoms with Crippen LogP contribution in [-0.4, -0.2) is 30.4 Å². The van der Waals surface area contributed by atoms with Crippen LogP contribution in [0.3, 0.4) is 0 Å². The Kier molecular flexibility index (Phi) is 6.16. The minimum atomic E-state index is -3.38. The van der Waals surface area contributed by atoms with Gasteiger partial charge in [0, 0.05) is 23.7 Å². The Morgan fingerprint density at radius 1 is 0.939 bits per heavy atom. The van der Waals surface area contributed by atoms with Crippen molar-refractivity contribution in [2.75, 3.05) is 11.6 Å². The molecule has 0 saturated carbocycles. The Bertz CT molecular complexity index is 1400. The van der Waals surface area contributed by atoms with Crippen LogP contribution in [0.2, 0.25) is 0 Å². The van der Waals surface area contributed by atoms with Gasteiger partial charge in [0.05, 0.1) is 17.0 Å². The van der Waals surface area contributed by atoms with Crippen LogP contribution in [0.4, 0.5) is 5.69 Å². The molecule has 3 aromatic carbocycles. The second-order valence-corrected chi connectivity index (χ2v) is 10.2. The van der Waals surface area contributed by atoms with E-state index in [9.17, 15) is 13.2 Å². The molecular weight excluding hydrogens is 434 g/mol. The normalized spacial score (nSPS) is 11.4. The second kappa shape index (κ2) is 9.03. The van der Waals surface area contributed by atoms with Crippen LogP contribution in [0.1, 0.15) is 27.0 Å². The summed E-state index contributed by atoms with van der Waals surface area (Å²) in [5.41, 5.74) is 5.58. The van der Waals surface area contributed by atoms with Gasteiger partial charge in [-0.05, 0) is 37.6 Å². The van der Waals surface area contributed by atoms with Gasteiger partial charge in [-0.1, -0.05) is 65.7 Å². The van der Waals surface area contributed by atoms with Crippen LogP contribution >= 0.6 is 0 Å². The smallest absolute Gasteiger partial charge is 0.259 e. The lowest BCUT2D eigenvalue weighted by molar-refractivity contribution is 0.102. The monoisotopic (exact) mass is 459 g/mol. The number of carbonyl (C=O) groups excluding carboxylic acids is 1. The average Bonchev–Trinajstić information content (AvgIpc) is 3.19. The first-order chi connectivity index (χ1) is 15.7. The van der Waals surface area contributed by atoms with Crippen molar-refractivity contribution in [2.45, 2.75) is 25.3 Å². The van der Waals surface area contributed by atoms with Gasteiger partial charge in [0.2, 0.25) is 0 Å². The van der Waals surface area contributed by atoms with Gasteiger partial charge in [-0.2, -0.15) is 5.10 Å². The van der Waals surface area contributed by atoms with E-state index in [2.05, 4.69) is 5.32 Å². The van der Waals surface area contributed by atoms with Crippen molar-refractivity contribution in [3.8, 4) is 11.3 Å². The fourth-order valence-corrected chi connectivity index (χ4v) is 4.14. The zero-order chi connectivity index (χ0) is 23.6. The molecule has 168 valence electrons. The summed E-state index contributed by atoms with van der Waals surface area (Å²) in [7, 11) is -3.38. The number of anilines is 1. The fourth-order valence-electron chi connectivity index (χ4n) is 3.48. The Labute approximate surface area is 193 Å². The molecule has 0 spiro atoms. The number of nitrogens with one attached hydrogen (secondary N) is 1. The third-order valence-electron chi connectivity index (χ3n) is 5.32. The van der Waals surface area contributed by atoms with Crippen molar-refractivity contribution in [3.05, 3.63) is 101 Å². The van der Waals surface area contributed by atoms with Gasteiger partial charge in [0.25, 0.3) is 5.91 Å². The summed E-state index contributed by atoms with van der Waals surface area (Å²) >= 11 is 0. The summed E-state index contributed by atoms with van der Waals surface area (Å²) in [6.07, 6.45) is 2.86. The van der Waals surface area contributed by atoms with E-state index in [1.165, 1.54) is 17.7 Å². The molecule has 0 bridgehead atoms. The number of amides is 1. The molecule has 4 aromatic rings. The van der Waals surface area contributed by atoms with Gasteiger partial charge in [-0.25, -0.2) is 8.42 Å². The van der Waals surface area contributed by atoms with Gasteiger partial charge in [0.15, 0.2) is 9.84 Å². The Morgan fingerprint density at radius 2 is 1.58 bits per heavy atom. The maximum absolute atomic E-state index is 13.2. The third-order valence-corrected chi connectivity index (χ3v) is 6.43. The number of aromatic nitrogens is 2. The molecule has 0 aliphatic carbocycles. The van der Waals surface area contributed by atoms with E-state index in [0.29, 0.717) is 23.5 Å². The molecule has 1 N–H and O–H groups in total. The van der Waals surface area contributed by atoms with Crippen LogP contribution < -0.4 is 5.32 Å². The largest absolute Gasteiger partial charge is 0.322 e. The minimum absolute atomic E-state index is 0.147. The Balaban J connectivity index is 1.69. The predicted octanol–water partition coefficient (Wildman–Crippen LogP) is 4.87. The van der Waals surface area contributed by atoms with Crippen LogP contribution in [0.25, 0.3) is 11.3 Å². The molecule has 0 radical (unpaired) electrons. The molecule has 6 nitrogen and oxygen atoms in total. The van der Waals surface area contributed by atoms with Crippen LogP contribution in [-0.2, 0) is 16.4 Å². The molecule has 7 heteroatoms. The number of nitrogens with zero attached hydrogens (tertiary/aromatic N) is 2. The molecule has 0 fully saturated rings. The van der Waals surface area contributed by atoms with E-state index in [0.717, 1.165) is 22.9 Å². The predicted molar refractivity (Wildman–Crippen MR) is 130 cm³/mol. The molecule has 1 heterocycles. The summed E-state index contributed by atoms with van der Waals surface area (Å²) in [4.78, 5) is 13.4. The summed E-state index contributed by atoms with van der Waals surface area (Å²) in [6.45, 7) is 4.56. The highest BCUT2D eigenvalue weighted by atomic mass is 32.2. The summed E-state index contributed by atoms with van der Waals surface area (Å²) < 4.78 is 25.5.